The van der Waals surface area contributed by atoms with Crippen LogP contribution in [-0.4, -0.2) is 84.9 Å². The van der Waals surface area contributed by atoms with Crippen molar-refractivity contribution in [3.05, 3.63) is 90.5 Å². The molecule has 218 valence electrons. The predicted molar refractivity (Wildman–Crippen MR) is 158 cm³/mol. The molecule has 0 bridgehead atoms. The summed E-state index contributed by atoms with van der Waals surface area (Å²) in [4.78, 5) is 33.4. The molecule has 0 aromatic heterocycles. The summed E-state index contributed by atoms with van der Waals surface area (Å²) in [6.45, 7) is 8.42. The third-order valence-corrected chi connectivity index (χ3v) is 8.14. The molecule has 2 heterocycles. The van der Waals surface area contributed by atoms with E-state index in [0.717, 1.165) is 50.3 Å². The molecule has 1 aliphatic carbocycles. The summed E-state index contributed by atoms with van der Waals surface area (Å²) in [5, 5.41) is 4.85. The van der Waals surface area contributed by atoms with E-state index in [1.807, 2.05) is 41.4 Å². The van der Waals surface area contributed by atoms with Crippen LogP contribution in [0.15, 0.2) is 73.6 Å². The van der Waals surface area contributed by atoms with Crippen LogP contribution >= 0.6 is 0 Å². The fourth-order valence-corrected chi connectivity index (χ4v) is 5.64. The number of nitrogens with one attached hydrogen (secondary N) is 3. The van der Waals surface area contributed by atoms with Crippen molar-refractivity contribution in [2.75, 3.05) is 51.3 Å². The first kappa shape index (κ1) is 28.8. The van der Waals surface area contributed by atoms with Crippen LogP contribution in [0.2, 0.25) is 0 Å². The highest BCUT2D eigenvalue weighted by atomic mass is 19.1. The molecule has 2 amide bonds. The summed E-state index contributed by atoms with van der Waals surface area (Å²) >= 11 is 0. The third kappa shape index (κ3) is 7.32. The Morgan fingerprint density at radius 1 is 1.12 bits per heavy atom. The van der Waals surface area contributed by atoms with Crippen molar-refractivity contribution in [3.8, 4) is 0 Å². The van der Waals surface area contributed by atoms with Crippen molar-refractivity contribution < 1.29 is 14.0 Å². The van der Waals surface area contributed by atoms with E-state index in [-0.39, 0.29) is 17.6 Å². The Hall–Kier alpha value is -3.73. The van der Waals surface area contributed by atoms with Crippen molar-refractivity contribution in [2.45, 2.75) is 37.3 Å². The molecule has 2 aromatic carbocycles. The van der Waals surface area contributed by atoms with Crippen LogP contribution in [0.4, 0.5) is 10.1 Å². The van der Waals surface area contributed by atoms with Gasteiger partial charge in [-0.3, -0.25) is 19.5 Å². The average Bonchev–Trinajstić information content (AvgIpc) is 3.59. The predicted octanol–water partition coefficient (Wildman–Crippen LogP) is 2.82. The average molecular weight is 562 g/mol. The number of anilines is 1. The molecule has 5 rings (SSSR count). The Balaban J connectivity index is 1.21. The van der Waals surface area contributed by atoms with E-state index >= 15 is 0 Å². The second-order valence-electron chi connectivity index (χ2n) is 11.0. The number of halogens is 1. The van der Waals surface area contributed by atoms with E-state index in [9.17, 15) is 14.0 Å². The lowest BCUT2D eigenvalue weighted by Crippen LogP contribution is -2.54. The molecule has 10 heteroatoms. The first-order chi connectivity index (χ1) is 19.9. The largest absolute Gasteiger partial charge is 0.340 e. The zero-order valence-electron chi connectivity index (χ0n) is 23.6. The molecular formula is C31H40FN7O2. The summed E-state index contributed by atoms with van der Waals surface area (Å²) in [5.41, 5.74) is 8.40. The molecule has 3 N–H and O–H groups in total. The number of rotatable bonds is 12. The van der Waals surface area contributed by atoms with Crippen LogP contribution < -0.4 is 21.3 Å². The van der Waals surface area contributed by atoms with Gasteiger partial charge in [0.25, 0.3) is 5.91 Å². The molecule has 1 saturated heterocycles. The second kappa shape index (κ2) is 13.3. The molecule has 2 aromatic rings. The number of amides is 2. The molecule has 2 unspecified atom stereocenters. The zero-order valence-corrected chi connectivity index (χ0v) is 23.6. The zero-order chi connectivity index (χ0) is 28.8. The fraction of sp³-hybridized carbons (Fsp3) is 0.419. The van der Waals surface area contributed by atoms with Gasteiger partial charge >= 0.3 is 0 Å². The Morgan fingerprint density at radius 2 is 1.85 bits per heavy atom. The molecule has 9 nitrogen and oxygen atoms in total. The van der Waals surface area contributed by atoms with Crippen LogP contribution in [0.3, 0.4) is 0 Å². The normalized spacial score (nSPS) is 21.0. The van der Waals surface area contributed by atoms with Crippen LogP contribution in [0.5, 0.6) is 0 Å². The van der Waals surface area contributed by atoms with Gasteiger partial charge < -0.3 is 20.5 Å². The first-order valence-electron chi connectivity index (χ1n) is 14.4. The standard InChI is InChI=1S/C31H40FN7O2/c1-3-15-37(29-22-27(29)23-6-10-25(32)11-7-23)16-4-5-28(31(41)38-20-18-36(2)19-21-38)34-30(40)24-8-12-26(13-9-24)39-17-14-33-35-39/h3,6-14,17,27-29,33,35H,1,4-5,15-16,18-22H2,2H3,(H,34,40)/t27?,28-,29?/m0/s1. The summed E-state index contributed by atoms with van der Waals surface area (Å²) in [6.07, 6.45) is 7.85. The number of hydrogen-bond acceptors (Lipinski definition) is 7. The van der Waals surface area contributed by atoms with E-state index in [0.29, 0.717) is 37.0 Å². The van der Waals surface area contributed by atoms with Crippen molar-refractivity contribution in [1.29, 1.82) is 0 Å². The number of hydrazine groups is 2. The summed E-state index contributed by atoms with van der Waals surface area (Å²) in [6, 6.07) is 13.8. The maximum atomic E-state index is 13.6. The van der Waals surface area contributed by atoms with Gasteiger partial charge in [0, 0.05) is 62.6 Å². The Kier molecular flexibility index (Phi) is 9.33. The monoisotopic (exact) mass is 561 g/mol. The molecule has 2 aliphatic heterocycles. The van der Waals surface area contributed by atoms with Gasteiger partial charge in [-0.25, -0.2) is 4.39 Å². The number of carbonyl (C=O) groups is 2. The van der Waals surface area contributed by atoms with Gasteiger partial charge in [-0.15, -0.1) is 12.1 Å². The van der Waals surface area contributed by atoms with Crippen LogP contribution in [0.25, 0.3) is 0 Å². The van der Waals surface area contributed by atoms with Crippen LogP contribution in [-0.2, 0) is 4.79 Å². The van der Waals surface area contributed by atoms with Gasteiger partial charge in [-0.05, 0) is 74.8 Å². The molecule has 3 aliphatic rings. The van der Waals surface area contributed by atoms with Gasteiger partial charge in [0.2, 0.25) is 5.91 Å². The summed E-state index contributed by atoms with van der Waals surface area (Å²) < 4.78 is 13.4. The quantitative estimate of drug-likeness (QED) is 0.344. The van der Waals surface area contributed by atoms with Crippen molar-refractivity contribution in [1.82, 2.24) is 31.0 Å². The molecule has 2 fully saturated rings. The minimum Gasteiger partial charge on any atom is -0.340 e. The maximum absolute atomic E-state index is 13.6. The number of piperazine rings is 1. The number of hydrogen-bond donors (Lipinski definition) is 3. The van der Waals surface area contributed by atoms with Gasteiger partial charge in [-0.1, -0.05) is 18.2 Å². The van der Waals surface area contributed by atoms with Crippen LogP contribution in [0.1, 0.15) is 41.1 Å². The number of benzene rings is 2. The molecule has 0 radical (unpaired) electrons. The molecule has 3 atom stereocenters. The number of nitrogens with zero attached hydrogens (tertiary/aromatic N) is 4. The summed E-state index contributed by atoms with van der Waals surface area (Å²) in [5.74, 6) is -0.121. The lowest BCUT2D eigenvalue weighted by molar-refractivity contribution is -0.135. The van der Waals surface area contributed by atoms with E-state index < -0.39 is 6.04 Å². The minimum atomic E-state index is -0.601. The van der Waals surface area contributed by atoms with E-state index in [4.69, 9.17) is 0 Å². The van der Waals surface area contributed by atoms with Gasteiger partial charge in [0.15, 0.2) is 0 Å². The lowest BCUT2D eigenvalue weighted by Gasteiger charge is -2.35. The van der Waals surface area contributed by atoms with Gasteiger partial charge in [0.05, 0.1) is 5.69 Å². The topological polar surface area (TPSA) is 83.2 Å². The highest BCUT2D eigenvalue weighted by Gasteiger charge is 2.42. The third-order valence-electron chi connectivity index (χ3n) is 8.14. The smallest absolute Gasteiger partial charge is 0.251 e. The SMILES string of the molecule is C=CCN(CCC[C@H](NC(=O)c1ccc(N2C=CNN2)cc1)C(=O)N1CCN(C)CC1)C1CC1c1ccc(F)cc1. The molecule has 0 spiro atoms. The van der Waals surface area contributed by atoms with Crippen molar-refractivity contribution in [2.24, 2.45) is 0 Å². The van der Waals surface area contributed by atoms with Gasteiger partial charge in [-0.2, -0.15) is 0 Å². The highest BCUT2D eigenvalue weighted by molar-refractivity contribution is 5.97. The Bertz CT molecular complexity index is 1230. The van der Waals surface area contributed by atoms with E-state index in [1.165, 1.54) is 12.1 Å². The molecule has 1 saturated carbocycles. The Morgan fingerprint density at radius 3 is 2.51 bits per heavy atom. The second-order valence-corrected chi connectivity index (χ2v) is 11.0. The lowest BCUT2D eigenvalue weighted by atomic mass is 10.1. The summed E-state index contributed by atoms with van der Waals surface area (Å²) in [7, 11) is 2.06. The van der Waals surface area contributed by atoms with E-state index in [1.54, 1.807) is 23.3 Å². The fourth-order valence-electron chi connectivity index (χ4n) is 5.64. The highest BCUT2D eigenvalue weighted by Crippen LogP contribution is 2.44. The molecular weight excluding hydrogens is 521 g/mol. The minimum absolute atomic E-state index is 0.0218. The molecule has 41 heavy (non-hydrogen) atoms. The first-order valence-corrected chi connectivity index (χ1v) is 14.4. The van der Waals surface area contributed by atoms with E-state index in [2.05, 4.69) is 39.7 Å². The number of likely N-dealkylation sites (N-methyl/N-ethyl adjacent to an activating group) is 1. The van der Waals surface area contributed by atoms with Crippen molar-refractivity contribution >= 4 is 17.5 Å². The maximum Gasteiger partial charge on any atom is 0.251 e. The number of carbonyl (C=O) groups excluding carboxylic acids is 2. The van der Waals surface area contributed by atoms with Crippen molar-refractivity contribution in [3.63, 3.8) is 0 Å². The Labute approximate surface area is 241 Å². The van der Waals surface area contributed by atoms with Gasteiger partial charge in [0.1, 0.15) is 11.9 Å². The van der Waals surface area contributed by atoms with Crippen LogP contribution in [0, 0.1) is 5.82 Å².